The Hall–Kier alpha value is -3.00. The van der Waals surface area contributed by atoms with Crippen LogP contribution in [0.5, 0.6) is 5.75 Å². The Morgan fingerprint density at radius 3 is 2.65 bits per heavy atom. The van der Waals surface area contributed by atoms with Crippen LogP contribution in [0.15, 0.2) is 41.8 Å². The smallest absolute Gasteiger partial charge is 0.138 e. The van der Waals surface area contributed by atoms with Crippen molar-refractivity contribution in [3.8, 4) is 16.9 Å². The van der Waals surface area contributed by atoms with E-state index in [0.717, 1.165) is 77.1 Å². The van der Waals surface area contributed by atoms with Gasteiger partial charge in [0.25, 0.3) is 0 Å². The number of fused-ring (bicyclic) bond motifs is 1. The number of benzene rings is 2. The van der Waals surface area contributed by atoms with Crippen molar-refractivity contribution in [2.24, 2.45) is 5.92 Å². The normalized spacial score (nSPS) is 18.2. The molecule has 0 radical (unpaired) electrons. The van der Waals surface area contributed by atoms with Gasteiger partial charge in [-0.15, -0.1) is 11.3 Å². The molecule has 0 bridgehead atoms. The van der Waals surface area contributed by atoms with Gasteiger partial charge in [-0.2, -0.15) is 0 Å². The second-order valence-electron chi connectivity index (χ2n) is 11.1. The summed E-state index contributed by atoms with van der Waals surface area (Å²) >= 11 is 8.42. The van der Waals surface area contributed by atoms with Gasteiger partial charge in [-0.1, -0.05) is 23.7 Å². The minimum absolute atomic E-state index is 0.0321. The van der Waals surface area contributed by atoms with Crippen LogP contribution in [-0.4, -0.2) is 42.4 Å². The average molecular weight is 577 g/mol. The molecule has 2 aromatic carbocycles. The lowest BCUT2D eigenvalue weighted by molar-refractivity contribution is -0.111. The number of aryl methyl sites for hydroxylation is 1. The lowest BCUT2D eigenvalue weighted by Crippen LogP contribution is -2.15. The van der Waals surface area contributed by atoms with Crippen molar-refractivity contribution in [1.82, 2.24) is 14.9 Å². The maximum Gasteiger partial charge on any atom is 0.138 e. The first-order valence-electron chi connectivity index (χ1n) is 13.9. The molecule has 8 heteroatoms. The number of nitrogens with zero attached hydrogens (tertiary/aromatic N) is 3. The number of ether oxygens (including phenoxy) is 1. The summed E-state index contributed by atoms with van der Waals surface area (Å²) in [5, 5.41) is 7.63. The van der Waals surface area contributed by atoms with Gasteiger partial charge in [0.2, 0.25) is 0 Å². The van der Waals surface area contributed by atoms with Gasteiger partial charge >= 0.3 is 0 Å². The molecule has 2 heterocycles. The third-order valence-electron chi connectivity index (χ3n) is 7.84. The molecule has 0 aliphatic heterocycles. The van der Waals surface area contributed by atoms with E-state index in [2.05, 4.69) is 54.8 Å². The Kier molecular flexibility index (Phi) is 8.74. The maximum atomic E-state index is 11.3. The molecule has 0 unspecified atom stereocenters. The van der Waals surface area contributed by atoms with E-state index in [1.165, 1.54) is 16.0 Å². The minimum atomic E-state index is 0.0321. The van der Waals surface area contributed by atoms with Crippen molar-refractivity contribution in [3.05, 3.63) is 68.6 Å². The molecule has 4 aromatic rings. The van der Waals surface area contributed by atoms with Gasteiger partial charge in [-0.25, -0.2) is 9.97 Å². The molecule has 40 heavy (non-hydrogen) atoms. The number of anilines is 1. The monoisotopic (exact) mass is 576 g/mol. The highest BCUT2D eigenvalue weighted by Crippen LogP contribution is 2.42. The third kappa shape index (κ3) is 6.02. The second-order valence-corrected chi connectivity index (χ2v) is 12.4. The number of nitrogens with one attached hydrogen (secondary N) is 1. The Bertz CT molecular complexity index is 1510. The van der Waals surface area contributed by atoms with Crippen LogP contribution < -0.4 is 10.1 Å². The Morgan fingerprint density at radius 1 is 1.18 bits per heavy atom. The van der Waals surface area contributed by atoms with Gasteiger partial charge in [0, 0.05) is 39.4 Å². The van der Waals surface area contributed by atoms with Crippen molar-refractivity contribution in [2.45, 2.75) is 58.0 Å². The van der Waals surface area contributed by atoms with E-state index in [0.29, 0.717) is 11.7 Å². The number of aromatic nitrogens is 2. The van der Waals surface area contributed by atoms with Crippen LogP contribution in [0.2, 0.25) is 5.02 Å². The minimum Gasteiger partial charge on any atom is -0.496 e. The summed E-state index contributed by atoms with van der Waals surface area (Å²) < 4.78 is 5.82. The molecule has 2 aromatic heterocycles. The zero-order chi connectivity index (χ0) is 28.4. The lowest BCUT2D eigenvalue weighted by atomic mass is 9.78. The van der Waals surface area contributed by atoms with Crippen LogP contribution in [0.3, 0.4) is 0 Å². The first-order valence-corrected chi connectivity index (χ1v) is 15.1. The zero-order valence-electron chi connectivity index (χ0n) is 23.8. The van der Waals surface area contributed by atoms with Crippen LogP contribution in [0.1, 0.15) is 66.4 Å². The predicted molar refractivity (Wildman–Crippen MR) is 166 cm³/mol. The third-order valence-corrected chi connectivity index (χ3v) is 9.27. The highest BCUT2D eigenvalue weighted by Gasteiger charge is 2.26. The maximum absolute atomic E-state index is 11.3. The Balaban J connectivity index is 1.46. The van der Waals surface area contributed by atoms with E-state index in [-0.39, 0.29) is 12.0 Å². The van der Waals surface area contributed by atoms with Crippen LogP contribution >= 0.6 is 22.9 Å². The fraction of sp³-hybridized carbons (Fsp3) is 0.406. The van der Waals surface area contributed by atoms with Gasteiger partial charge in [0.05, 0.1) is 18.7 Å². The van der Waals surface area contributed by atoms with Gasteiger partial charge in [0.1, 0.15) is 23.7 Å². The molecular weight excluding hydrogens is 540 g/mol. The largest absolute Gasteiger partial charge is 0.496 e. The van der Waals surface area contributed by atoms with Crippen molar-refractivity contribution in [3.63, 3.8) is 0 Å². The molecule has 0 amide bonds. The molecule has 0 saturated heterocycles. The quantitative estimate of drug-likeness (QED) is 0.203. The average Bonchev–Trinajstić information content (AvgIpc) is 3.42. The number of aldehydes is 1. The van der Waals surface area contributed by atoms with Gasteiger partial charge < -0.3 is 19.7 Å². The molecular formula is C32H37ClN4O2S. The fourth-order valence-electron chi connectivity index (χ4n) is 5.81. The topological polar surface area (TPSA) is 67.4 Å². The van der Waals surface area contributed by atoms with Gasteiger partial charge in [-0.3, -0.25) is 0 Å². The van der Waals surface area contributed by atoms with E-state index >= 15 is 0 Å². The molecule has 1 saturated carbocycles. The van der Waals surface area contributed by atoms with Crippen molar-refractivity contribution in [2.75, 3.05) is 26.5 Å². The van der Waals surface area contributed by atoms with Crippen LogP contribution in [0, 0.1) is 12.8 Å². The number of hydrogen-bond acceptors (Lipinski definition) is 7. The van der Waals surface area contributed by atoms with E-state index in [9.17, 15) is 4.79 Å². The van der Waals surface area contributed by atoms with E-state index in [4.69, 9.17) is 26.3 Å². The molecule has 1 atom stereocenters. The number of methoxy groups -OCH3 is 1. The SMILES string of the molecule is COc1cc2nc(C)nc(N[C@H](C)c3cc(-c4c(Cl)cccc4CN(C)C)cs3)c2cc1C1CCC(C=O)CC1. The Labute approximate surface area is 245 Å². The molecule has 1 N–H and O–H groups in total. The molecule has 1 aliphatic carbocycles. The summed E-state index contributed by atoms with van der Waals surface area (Å²) in [4.78, 5) is 24.2. The number of rotatable bonds is 9. The highest BCUT2D eigenvalue weighted by molar-refractivity contribution is 7.10. The summed E-state index contributed by atoms with van der Waals surface area (Å²) in [5.41, 5.74) is 5.48. The summed E-state index contributed by atoms with van der Waals surface area (Å²) in [7, 11) is 5.86. The first-order chi connectivity index (χ1) is 19.3. The number of thiophene rings is 1. The second kappa shape index (κ2) is 12.2. The number of carbonyl (C=O) groups excluding carboxylic acids is 1. The number of hydrogen-bond donors (Lipinski definition) is 1. The summed E-state index contributed by atoms with van der Waals surface area (Å²) in [6.07, 6.45) is 4.91. The molecule has 210 valence electrons. The van der Waals surface area contributed by atoms with Gasteiger partial charge in [0.15, 0.2) is 0 Å². The van der Waals surface area contributed by atoms with Crippen LogP contribution in [-0.2, 0) is 11.3 Å². The van der Waals surface area contributed by atoms with E-state index in [1.54, 1.807) is 18.4 Å². The van der Waals surface area contributed by atoms with Crippen LogP contribution in [0.4, 0.5) is 5.82 Å². The Morgan fingerprint density at radius 2 is 1.95 bits per heavy atom. The summed E-state index contributed by atoms with van der Waals surface area (Å²) in [6.45, 7) is 4.91. The molecule has 5 rings (SSSR count). The highest BCUT2D eigenvalue weighted by atomic mass is 35.5. The zero-order valence-corrected chi connectivity index (χ0v) is 25.4. The molecule has 0 spiro atoms. The fourth-order valence-corrected chi connectivity index (χ4v) is 7.02. The van der Waals surface area contributed by atoms with Crippen LogP contribution in [0.25, 0.3) is 22.0 Å². The molecule has 1 fully saturated rings. The number of carbonyl (C=O) groups is 1. The van der Waals surface area contributed by atoms with Crippen molar-refractivity contribution in [1.29, 1.82) is 0 Å². The summed E-state index contributed by atoms with van der Waals surface area (Å²) in [5.74, 6) is 2.91. The lowest BCUT2D eigenvalue weighted by Gasteiger charge is -2.27. The van der Waals surface area contributed by atoms with Crippen molar-refractivity contribution >= 4 is 45.9 Å². The van der Waals surface area contributed by atoms with E-state index in [1.807, 2.05) is 25.1 Å². The standard InChI is InChI=1S/C32H37ClN4O2S/c1-19(30-13-24(18-40-30)31-23(16-37(3)4)7-6-8-27(31)33)34-32-26-14-25(22-11-9-21(17-38)10-12-22)29(39-5)15-28(26)35-20(2)36-32/h6-8,13-15,17-19,21-22H,9-12,16H2,1-5H3,(H,34,35,36)/t19-,21?,22?/m1/s1. The predicted octanol–water partition coefficient (Wildman–Crippen LogP) is 8.04. The van der Waals surface area contributed by atoms with Gasteiger partial charge in [-0.05, 0) is 99.8 Å². The number of halogens is 1. The summed E-state index contributed by atoms with van der Waals surface area (Å²) in [6, 6.07) is 12.6. The first kappa shape index (κ1) is 28.5. The van der Waals surface area contributed by atoms with E-state index < -0.39 is 0 Å². The molecule has 6 nitrogen and oxygen atoms in total. The van der Waals surface area contributed by atoms with Crippen molar-refractivity contribution < 1.29 is 9.53 Å². The molecule has 1 aliphatic rings.